The molecule has 7 heteroatoms. The summed E-state index contributed by atoms with van der Waals surface area (Å²) in [6, 6.07) is 4.87. The summed E-state index contributed by atoms with van der Waals surface area (Å²) in [6.07, 6.45) is 0. The number of aryl methyl sites for hydroxylation is 2. The summed E-state index contributed by atoms with van der Waals surface area (Å²) in [4.78, 5) is 32.4. The van der Waals surface area contributed by atoms with Gasteiger partial charge in [0.25, 0.3) is 11.5 Å². The number of hydrogen-bond acceptors (Lipinski definition) is 5. The summed E-state index contributed by atoms with van der Waals surface area (Å²) in [7, 11) is 3.03. The van der Waals surface area contributed by atoms with Crippen molar-refractivity contribution in [3.05, 3.63) is 51.2 Å². The molecule has 0 aliphatic carbocycles. The number of hydrogen-bond donors (Lipinski definition) is 2. The SMILES string of the molecule is COc1ccc(CN(C)C(=O)c2nc(C)c(C)[nH]c2=O)cc1O. The number of aromatic hydroxyl groups is 1. The molecular formula is C16H19N3O4. The second-order valence-corrected chi connectivity index (χ2v) is 5.29. The van der Waals surface area contributed by atoms with Gasteiger partial charge in [0, 0.05) is 19.3 Å². The molecule has 0 bridgehead atoms. The van der Waals surface area contributed by atoms with Gasteiger partial charge in [0.1, 0.15) is 0 Å². The molecule has 0 unspecified atom stereocenters. The summed E-state index contributed by atoms with van der Waals surface area (Å²) in [5, 5.41) is 9.78. The minimum absolute atomic E-state index is 0.00648. The number of carbonyl (C=O) groups is 1. The highest BCUT2D eigenvalue weighted by Gasteiger charge is 2.19. The van der Waals surface area contributed by atoms with Crippen LogP contribution in [0, 0.1) is 13.8 Å². The van der Waals surface area contributed by atoms with Crippen molar-refractivity contribution in [2.75, 3.05) is 14.2 Å². The minimum Gasteiger partial charge on any atom is -0.504 e. The average molecular weight is 317 g/mol. The van der Waals surface area contributed by atoms with Gasteiger partial charge in [-0.25, -0.2) is 4.98 Å². The lowest BCUT2D eigenvalue weighted by atomic mass is 10.2. The molecule has 2 N–H and O–H groups in total. The van der Waals surface area contributed by atoms with E-state index in [1.807, 2.05) is 0 Å². The third-order valence-corrected chi connectivity index (χ3v) is 3.55. The molecular weight excluding hydrogens is 298 g/mol. The molecule has 1 aromatic carbocycles. The van der Waals surface area contributed by atoms with Crippen LogP contribution in [0.1, 0.15) is 27.4 Å². The Balaban J connectivity index is 2.22. The molecule has 1 heterocycles. The first-order valence-corrected chi connectivity index (χ1v) is 7.02. The maximum atomic E-state index is 12.4. The summed E-state index contributed by atoms with van der Waals surface area (Å²) in [5.41, 5.74) is 1.29. The third kappa shape index (κ3) is 3.50. The van der Waals surface area contributed by atoms with Gasteiger partial charge in [-0.05, 0) is 31.5 Å². The lowest BCUT2D eigenvalue weighted by Crippen LogP contribution is -2.33. The van der Waals surface area contributed by atoms with Gasteiger partial charge in [-0.1, -0.05) is 6.07 Å². The number of rotatable bonds is 4. The van der Waals surface area contributed by atoms with Crippen molar-refractivity contribution in [2.24, 2.45) is 0 Å². The predicted molar refractivity (Wildman–Crippen MR) is 84.8 cm³/mol. The van der Waals surface area contributed by atoms with Crippen LogP contribution in [0.15, 0.2) is 23.0 Å². The number of nitrogens with one attached hydrogen (secondary N) is 1. The summed E-state index contributed by atoms with van der Waals surface area (Å²) in [6.45, 7) is 3.68. The monoisotopic (exact) mass is 317 g/mol. The first-order chi connectivity index (χ1) is 10.8. The van der Waals surface area contributed by atoms with Crippen LogP contribution in [0.5, 0.6) is 11.5 Å². The molecule has 0 radical (unpaired) electrons. The Bertz CT molecular complexity index is 798. The van der Waals surface area contributed by atoms with Crippen molar-refractivity contribution in [2.45, 2.75) is 20.4 Å². The molecule has 23 heavy (non-hydrogen) atoms. The fourth-order valence-electron chi connectivity index (χ4n) is 2.13. The molecule has 0 spiro atoms. The van der Waals surface area contributed by atoms with E-state index in [1.165, 1.54) is 18.1 Å². The maximum absolute atomic E-state index is 12.4. The number of nitrogens with zero attached hydrogens (tertiary/aromatic N) is 2. The molecule has 7 nitrogen and oxygen atoms in total. The number of ether oxygens (including phenoxy) is 1. The zero-order valence-electron chi connectivity index (χ0n) is 13.5. The first-order valence-electron chi connectivity index (χ1n) is 7.02. The Kier molecular flexibility index (Phi) is 4.68. The number of phenolic OH excluding ortho intramolecular Hbond substituents is 1. The Morgan fingerprint density at radius 1 is 1.39 bits per heavy atom. The number of aromatic nitrogens is 2. The highest BCUT2D eigenvalue weighted by atomic mass is 16.5. The summed E-state index contributed by atoms with van der Waals surface area (Å²) in [5.74, 6) is -0.132. The standard InChI is InChI=1S/C16H19N3O4/c1-9-10(2)18-15(21)14(17-9)16(22)19(3)8-11-5-6-13(23-4)12(20)7-11/h5-7,20H,8H2,1-4H3,(H,18,21). The van der Waals surface area contributed by atoms with Crippen molar-refractivity contribution in [3.8, 4) is 11.5 Å². The van der Waals surface area contributed by atoms with Crippen molar-refractivity contribution < 1.29 is 14.6 Å². The molecule has 0 saturated heterocycles. The van der Waals surface area contributed by atoms with Gasteiger partial charge in [-0.3, -0.25) is 9.59 Å². The minimum atomic E-state index is -0.512. The molecule has 0 fully saturated rings. The van der Waals surface area contributed by atoms with Crippen LogP contribution in [0.2, 0.25) is 0 Å². The lowest BCUT2D eigenvalue weighted by Gasteiger charge is -2.17. The zero-order chi connectivity index (χ0) is 17.1. The smallest absolute Gasteiger partial charge is 0.279 e. The first kappa shape index (κ1) is 16.5. The molecule has 0 atom stereocenters. The second kappa shape index (κ2) is 6.51. The van der Waals surface area contributed by atoms with Crippen molar-refractivity contribution >= 4 is 5.91 Å². The fraction of sp³-hybridized carbons (Fsp3) is 0.312. The van der Waals surface area contributed by atoms with Crippen LogP contribution >= 0.6 is 0 Å². The quantitative estimate of drug-likeness (QED) is 0.888. The number of H-pyrrole nitrogens is 1. The van der Waals surface area contributed by atoms with Gasteiger partial charge < -0.3 is 19.7 Å². The molecule has 122 valence electrons. The largest absolute Gasteiger partial charge is 0.504 e. The molecule has 2 aromatic rings. The van der Waals surface area contributed by atoms with E-state index >= 15 is 0 Å². The van der Waals surface area contributed by atoms with Gasteiger partial charge in [-0.15, -0.1) is 0 Å². The number of methoxy groups -OCH3 is 1. The third-order valence-electron chi connectivity index (χ3n) is 3.55. The molecule has 0 saturated carbocycles. The Morgan fingerprint density at radius 3 is 2.70 bits per heavy atom. The van der Waals surface area contributed by atoms with Crippen LogP contribution < -0.4 is 10.3 Å². The number of amides is 1. The molecule has 1 amide bonds. The van der Waals surface area contributed by atoms with E-state index in [1.54, 1.807) is 33.0 Å². The van der Waals surface area contributed by atoms with Crippen LogP contribution in [-0.4, -0.2) is 40.0 Å². The van der Waals surface area contributed by atoms with E-state index < -0.39 is 11.5 Å². The van der Waals surface area contributed by atoms with Gasteiger partial charge in [0.05, 0.1) is 12.8 Å². The van der Waals surface area contributed by atoms with E-state index in [-0.39, 0.29) is 18.0 Å². The lowest BCUT2D eigenvalue weighted by molar-refractivity contribution is 0.0777. The number of phenols is 1. The Morgan fingerprint density at radius 2 is 2.09 bits per heavy atom. The summed E-state index contributed by atoms with van der Waals surface area (Å²) >= 11 is 0. The molecule has 0 aliphatic rings. The zero-order valence-corrected chi connectivity index (χ0v) is 13.5. The van der Waals surface area contributed by atoms with Crippen LogP contribution in [0.25, 0.3) is 0 Å². The topological polar surface area (TPSA) is 95.5 Å². The van der Waals surface area contributed by atoms with Gasteiger partial charge in [0.2, 0.25) is 0 Å². The normalized spacial score (nSPS) is 10.4. The number of aromatic amines is 1. The Hall–Kier alpha value is -2.83. The van der Waals surface area contributed by atoms with Crippen LogP contribution in [0.3, 0.4) is 0 Å². The number of benzene rings is 1. The van der Waals surface area contributed by atoms with E-state index in [9.17, 15) is 14.7 Å². The highest BCUT2D eigenvalue weighted by molar-refractivity contribution is 5.91. The van der Waals surface area contributed by atoms with Crippen LogP contribution in [-0.2, 0) is 6.54 Å². The van der Waals surface area contributed by atoms with E-state index in [0.29, 0.717) is 22.7 Å². The maximum Gasteiger partial charge on any atom is 0.279 e. The van der Waals surface area contributed by atoms with E-state index in [4.69, 9.17) is 4.74 Å². The molecule has 1 aromatic heterocycles. The van der Waals surface area contributed by atoms with Crippen molar-refractivity contribution in [1.29, 1.82) is 0 Å². The Labute approximate surface area is 133 Å². The van der Waals surface area contributed by atoms with Crippen molar-refractivity contribution in [3.63, 3.8) is 0 Å². The van der Waals surface area contributed by atoms with Gasteiger partial charge >= 0.3 is 0 Å². The molecule has 2 rings (SSSR count). The average Bonchev–Trinajstić information content (AvgIpc) is 2.50. The van der Waals surface area contributed by atoms with Crippen LogP contribution in [0.4, 0.5) is 0 Å². The van der Waals surface area contributed by atoms with Gasteiger partial charge in [0.15, 0.2) is 17.2 Å². The second-order valence-electron chi connectivity index (χ2n) is 5.29. The van der Waals surface area contributed by atoms with Crippen molar-refractivity contribution in [1.82, 2.24) is 14.9 Å². The fourth-order valence-corrected chi connectivity index (χ4v) is 2.13. The van der Waals surface area contributed by atoms with E-state index in [0.717, 1.165) is 0 Å². The highest BCUT2D eigenvalue weighted by Crippen LogP contribution is 2.26. The predicted octanol–water partition coefficient (Wildman–Crippen LogP) is 1.37. The molecule has 0 aliphatic heterocycles. The summed E-state index contributed by atoms with van der Waals surface area (Å²) < 4.78 is 4.98. The number of carbonyl (C=O) groups excluding carboxylic acids is 1. The van der Waals surface area contributed by atoms with Gasteiger partial charge in [-0.2, -0.15) is 0 Å². The van der Waals surface area contributed by atoms with E-state index in [2.05, 4.69) is 9.97 Å².